The molecule has 0 saturated heterocycles. The number of rotatable bonds is 12. The number of hydrogen-bond donors (Lipinski definition) is 0. The molecule has 0 saturated carbocycles. The third-order valence-corrected chi connectivity index (χ3v) is 4.84. The van der Waals surface area contributed by atoms with Gasteiger partial charge in [0.2, 0.25) is 0 Å². The molecule has 122 valence electrons. The maximum atomic E-state index is 11.8. The standard InChI is InChI=1S/C17H28O3S.Na.H/c1-2-3-4-5-6-7-8-9-13-16-20-21(18,19)17-14-11-10-12-15-17;;/h10-12,14-15H,2-9,13,16H2,1H3;;. The van der Waals surface area contributed by atoms with E-state index in [0.29, 0.717) is 0 Å². The molecule has 0 atom stereocenters. The molecule has 0 fully saturated rings. The minimum atomic E-state index is -3.57. The van der Waals surface area contributed by atoms with Gasteiger partial charge in [0.25, 0.3) is 10.1 Å². The van der Waals surface area contributed by atoms with E-state index in [0.717, 1.165) is 12.8 Å². The molecule has 0 amide bonds. The summed E-state index contributed by atoms with van der Waals surface area (Å²) >= 11 is 0. The van der Waals surface area contributed by atoms with Crippen molar-refractivity contribution in [3.63, 3.8) is 0 Å². The Morgan fingerprint density at radius 1 is 0.818 bits per heavy atom. The summed E-state index contributed by atoms with van der Waals surface area (Å²) in [5.41, 5.74) is 0. The third-order valence-electron chi connectivity index (χ3n) is 3.52. The Morgan fingerprint density at radius 2 is 1.32 bits per heavy atom. The zero-order chi connectivity index (χ0) is 15.4. The van der Waals surface area contributed by atoms with E-state index in [1.165, 1.54) is 44.9 Å². The number of benzene rings is 1. The average Bonchev–Trinajstić information content (AvgIpc) is 2.50. The first-order valence-corrected chi connectivity index (χ1v) is 9.52. The van der Waals surface area contributed by atoms with Crippen LogP contribution in [0, 0.1) is 0 Å². The van der Waals surface area contributed by atoms with Gasteiger partial charge in [0.15, 0.2) is 0 Å². The van der Waals surface area contributed by atoms with Crippen LogP contribution in [0.4, 0.5) is 0 Å². The van der Waals surface area contributed by atoms with E-state index in [1.807, 2.05) is 0 Å². The van der Waals surface area contributed by atoms with E-state index in [2.05, 4.69) is 6.92 Å². The topological polar surface area (TPSA) is 43.4 Å². The summed E-state index contributed by atoms with van der Waals surface area (Å²) in [6.07, 6.45) is 10.8. The van der Waals surface area contributed by atoms with Gasteiger partial charge in [-0.25, -0.2) is 0 Å². The molecule has 0 aliphatic rings. The van der Waals surface area contributed by atoms with Gasteiger partial charge in [-0.3, -0.25) is 4.18 Å². The van der Waals surface area contributed by atoms with Gasteiger partial charge in [-0.1, -0.05) is 76.5 Å². The molecule has 0 heterocycles. The molecule has 22 heavy (non-hydrogen) atoms. The van der Waals surface area contributed by atoms with Gasteiger partial charge in [-0.05, 0) is 18.6 Å². The van der Waals surface area contributed by atoms with Gasteiger partial charge in [-0.2, -0.15) is 8.42 Å². The van der Waals surface area contributed by atoms with Crippen molar-refractivity contribution in [3.05, 3.63) is 30.3 Å². The molecule has 1 aromatic carbocycles. The molecule has 1 rings (SSSR count). The summed E-state index contributed by atoms with van der Waals surface area (Å²) in [4.78, 5) is 0.237. The first-order chi connectivity index (χ1) is 10.2. The van der Waals surface area contributed by atoms with E-state index in [9.17, 15) is 8.42 Å². The van der Waals surface area contributed by atoms with Crippen molar-refractivity contribution in [2.45, 2.75) is 69.6 Å². The van der Waals surface area contributed by atoms with Crippen LogP contribution in [0.25, 0.3) is 0 Å². The number of unbranched alkanes of at least 4 members (excludes halogenated alkanes) is 8. The molecular formula is C17H29NaO3S. The van der Waals surface area contributed by atoms with Crippen LogP contribution in [0.2, 0.25) is 0 Å². The van der Waals surface area contributed by atoms with Gasteiger partial charge in [-0.15, -0.1) is 0 Å². The third kappa shape index (κ3) is 10.0. The molecule has 5 heteroatoms. The number of hydrogen-bond acceptors (Lipinski definition) is 3. The van der Waals surface area contributed by atoms with Gasteiger partial charge < -0.3 is 0 Å². The molecule has 1 aromatic rings. The maximum absolute atomic E-state index is 11.8. The van der Waals surface area contributed by atoms with Crippen LogP contribution < -0.4 is 0 Å². The Labute approximate surface area is 158 Å². The van der Waals surface area contributed by atoms with E-state index < -0.39 is 10.1 Å². The van der Waals surface area contributed by atoms with Gasteiger partial charge in [0, 0.05) is 0 Å². The fraction of sp³-hybridized carbons (Fsp3) is 0.647. The van der Waals surface area contributed by atoms with Crippen LogP contribution in [0.1, 0.15) is 64.7 Å². The van der Waals surface area contributed by atoms with Crippen LogP contribution in [0.3, 0.4) is 0 Å². The Bertz CT molecular complexity index is 460. The summed E-state index contributed by atoms with van der Waals surface area (Å²) in [7, 11) is -3.57. The Balaban J connectivity index is 0.00000441. The van der Waals surface area contributed by atoms with Crippen LogP contribution in [-0.4, -0.2) is 44.6 Å². The van der Waals surface area contributed by atoms with Gasteiger partial charge >= 0.3 is 29.6 Å². The van der Waals surface area contributed by atoms with Crippen molar-refractivity contribution in [3.8, 4) is 0 Å². The molecule has 0 aliphatic heterocycles. The van der Waals surface area contributed by atoms with Crippen molar-refractivity contribution in [1.82, 2.24) is 0 Å². The van der Waals surface area contributed by atoms with Crippen molar-refractivity contribution in [2.24, 2.45) is 0 Å². The Kier molecular flexibility index (Phi) is 13.6. The van der Waals surface area contributed by atoms with Crippen molar-refractivity contribution in [1.29, 1.82) is 0 Å². The van der Waals surface area contributed by atoms with Gasteiger partial charge in [0.1, 0.15) is 0 Å². The molecule has 0 spiro atoms. The van der Waals surface area contributed by atoms with E-state index in [4.69, 9.17) is 4.18 Å². The summed E-state index contributed by atoms with van der Waals surface area (Å²) in [6, 6.07) is 8.32. The molecule has 0 radical (unpaired) electrons. The van der Waals surface area contributed by atoms with Crippen molar-refractivity contribution in [2.75, 3.05) is 6.61 Å². The molecule has 0 unspecified atom stereocenters. The second-order valence-corrected chi connectivity index (χ2v) is 7.03. The van der Waals surface area contributed by atoms with E-state index >= 15 is 0 Å². The van der Waals surface area contributed by atoms with Crippen molar-refractivity contribution < 1.29 is 12.6 Å². The molecule has 3 nitrogen and oxygen atoms in total. The van der Waals surface area contributed by atoms with Crippen LogP contribution in [-0.2, 0) is 14.3 Å². The normalized spacial score (nSPS) is 11.1. The van der Waals surface area contributed by atoms with Crippen LogP contribution in [0.5, 0.6) is 0 Å². The predicted molar refractivity (Wildman–Crippen MR) is 94.0 cm³/mol. The first kappa shape index (κ1) is 22.1. The second-order valence-electron chi connectivity index (χ2n) is 5.42. The molecule has 0 aliphatic carbocycles. The molecule has 0 N–H and O–H groups in total. The van der Waals surface area contributed by atoms with Crippen molar-refractivity contribution >= 4 is 39.7 Å². The second kappa shape index (κ2) is 13.6. The van der Waals surface area contributed by atoms with E-state index in [-0.39, 0.29) is 41.1 Å². The zero-order valence-corrected chi connectivity index (χ0v) is 13.9. The minimum absolute atomic E-state index is 0. The molecular weight excluding hydrogens is 307 g/mol. The molecule has 0 aromatic heterocycles. The SMILES string of the molecule is CCCCCCCCCCCOS(=O)(=O)c1ccccc1.[NaH]. The Hall–Kier alpha value is 0.130. The average molecular weight is 336 g/mol. The fourth-order valence-corrected chi connectivity index (χ4v) is 3.20. The quantitative estimate of drug-likeness (QED) is 0.325. The van der Waals surface area contributed by atoms with Crippen LogP contribution in [0.15, 0.2) is 35.2 Å². The first-order valence-electron chi connectivity index (χ1n) is 8.11. The summed E-state index contributed by atoms with van der Waals surface area (Å²) in [5, 5.41) is 0. The molecule has 0 bridgehead atoms. The summed E-state index contributed by atoms with van der Waals surface area (Å²) < 4.78 is 28.7. The van der Waals surface area contributed by atoms with Gasteiger partial charge in [0.05, 0.1) is 11.5 Å². The monoisotopic (exact) mass is 336 g/mol. The predicted octanol–water partition coefficient (Wildman–Crippen LogP) is 4.27. The summed E-state index contributed by atoms with van der Waals surface area (Å²) in [5.74, 6) is 0. The van der Waals surface area contributed by atoms with Crippen LogP contribution >= 0.6 is 0 Å². The van der Waals surface area contributed by atoms with E-state index in [1.54, 1.807) is 30.3 Å². The fourth-order valence-electron chi connectivity index (χ4n) is 2.24. The zero-order valence-electron chi connectivity index (χ0n) is 13.1. The Morgan fingerprint density at radius 3 is 1.86 bits per heavy atom. The summed E-state index contributed by atoms with van der Waals surface area (Å²) in [6.45, 7) is 2.51.